The maximum Gasteiger partial charge on any atom is 0.234 e. The van der Waals surface area contributed by atoms with Crippen LogP contribution in [0.4, 0.5) is 0 Å². The summed E-state index contributed by atoms with van der Waals surface area (Å²) in [6.45, 7) is 13.0. The lowest BCUT2D eigenvalue weighted by atomic mass is 10.1. The average Bonchev–Trinajstić information content (AvgIpc) is 2.67. The normalized spacial score (nSPS) is 14.9. The molecule has 0 atom stereocenters. The maximum absolute atomic E-state index is 12.0. The van der Waals surface area contributed by atoms with Crippen molar-refractivity contribution in [1.29, 1.82) is 0 Å². The largest absolute Gasteiger partial charge is 0.383 e. The molecule has 0 saturated carbocycles. The van der Waals surface area contributed by atoms with Crippen LogP contribution in [0.2, 0.25) is 0 Å². The van der Waals surface area contributed by atoms with E-state index in [9.17, 15) is 4.79 Å². The smallest absolute Gasteiger partial charge is 0.234 e. The van der Waals surface area contributed by atoms with Crippen LogP contribution in [-0.4, -0.2) is 87.7 Å². The minimum absolute atomic E-state index is 0. The van der Waals surface area contributed by atoms with Crippen LogP contribution in [0.15, 0.2) is 23.2 Å². The molecule has 8 heteroatoms. The third kappa shape index (κ3) is 9.61. The zero-order valence-corrected chi connectivity index (χ0v) is 21.2. The SMILES string of the molecule is CCNC(=NCCc1cc(C)cc(C)c1)N1CCN(CC(=O)NCCOC)CC1.I. The Kier molecular flexibility index (Phi) is 13.0. The number of carbonyl (C=O) groups excluding carboxylic acids is 1. The van der Waals surface area contributed by atoms with E-state index in [4.69, 9.17) is 9.73 Å². The number of aryl methyl sites for hydroxylation is 2. The zero-order chi connectivity index (χ0) is 21.1. The summed E-state index contributed by atoms with van der Waals surface area (Å²) in [5, 5.41) is 6.30. The van der Waals surface area contributed by atoms with Gasteiger partial charge in [0.25, 0.3) is 0 Å². The number of amides is 1. The predicted octanol–water partition coefficient (Wildman–Crippen LogP) is 1.81. The van der Waals surface area contributed by atoms with Crippen LogP contribution in [0.5, 0.6) is 0 Å². The van der Waals surface area contributed by atoms with Gasteiger partial charge in [-0.25, -0.2) is 0 Å². The summed E-state index contributed by atoms with van der Waals surface area (Å²) in [6.07, 6.45) is 0.943. The van der Waals surface area contributed by atoms with E-state index < -0.39 is 0 Å². The number of nitrogens with zero attached hydrogens (tertiary/aromatic N) is 3. The second-order valence-electron chi connectivity index (χ2n) is 7.59. The zero-order valence-electron chi connectivity index (χ0n) is 18.9. The minimum Gasteiger partial charge on any atom is -0.383 e. The summed E-state index contributed by atoms with van der Waals surface area (Å²) in [7, 11) is 1.64. The van der Waals surface area contributed by atoms with Crippen molar-refractivity contribution in [2.24, 2.45) is 4.99 Å². The molecule has 1 aromatic rings. The van der Waals surface area contributed by atoms with E-state index in [1.165, 1.54) is 16.7 Å². The molecule has 1 heterocycles. The van der Waals surface area contributed by atoms with Crippen molar-refractivity contribution in [2.75, 3.05) is 66.1 Å². The number of hydrogen-bond acceptors (Lipinski definition) is 4. The molecule has 0 aliphatic carbocycles. The van der Waals surface area contributed by atoms with E-state index in [0.29, 0.717) is 19.7 Å². The molecule has 2 N–H and O–H groups in total. The van der Waals surface area contributed by atoms with Gasteiger partial charge in [-0.15, -0.1) is 24.0 Å². The van der Waals surface area contributed by atoms with Gasteiger partial charge in [0.05, 0.1) is 13.2 Å². The lowest BCUT2D eigenvalue weighted by molar-refractivity contribution is -0.122. The number of rotatable bonds is 9. The van der Waals surface area contributed by atoms with E-state index in [1.807, 2.05) is 0 Å². The first-order valence-electron chi connectivity index (χ1n) is 10.6. The third-order valence-corrected chi connectivity index (χ3v) is 4.95. The van der Waals surface area contributed by atoms with Crippen LogP contribution in [0.1, 0.15) is 23.6 Å². The number of benzene rings is 1. The van der Waals surface area contributed by atoms with Crippen molar-refractivity contribution in [1.82, 2.24) is 20.4 Å². The van der Waals surface area contributed by atoms with E-state index in [-0.39, 0.29) is 29.9 Å². The third-order valence-electron chi connectivity index (χ3n) is 4.95. The summed E-state index contributed by atoms with van der Waals surface area (Å²) >= 11 is 0. The fraction of sp³-hybridized carbons (Fsp3) is 0.636. The Balaban J connectivity index is 0.00000450. The van der Waals surface area contributed by atoms with Gasteiger partial charge in [0.1, 0.15) is 0 Å². The quantitative estimate of drug-likeness (QED) is 0.220. The highest BCUT2D eigenvalue weighted by Crippen LogP contribution is 2.10. The summed E-state index contributed by atoms with van der Waals surface area (Å²) in [6, 6.07) is 6.69. The highest BCUT2D eigenvalue weighted by Gasteiger charge is 2.21. The molecule has 7 nitrogen and oxygen atoms in total. The molecule has 30 heavy (non-hydrogen) atoms. The minimum atomic E-state index is 0. The van der Waals surface area contributed by atoms with Gasteiger partial charge < -0.3 is 20.3 Å². The topological polar surface area (TPSA) is 69.2 Å². The fourth-order valence-electron chi connectivity index (χ4n) is 3.60. The Morgan fingerprint density at radius 1 is 1.10 bits per heavy atom. The number of halogens is 1. The molecule has 1 aromatic carbocycles. The number of methoxy groups -OCH3 is 1. The van der Waals surface area contributed by atoms with Gasteiger partial charge in [-0.1, -0.05) is 29.3 Å². The molecule has 1 fully saturated rings. The van der Waals surface area contributed by atoms with Gasteiger partial charge in [-0.2, -0.15) is 0 Å². The first-order chi connectivity index (χ1) is 14.0. The number of hydrogen-bond donors (Lipinski definition) is 2. The predicted molar refractivity (Wildman–Crippen MR) is 134 cm³/mol. The number of carbonyl (C=O) groups is 1. The number of piperazine rings is 1. The van der Waals surface area contributed by atoms with Crippen LogP contribution in [0.25, 0.3) is 0 Å². The van der Waals surface area contributed by atoms with Crippen molar-refractivity contribution in [3.63, 3.8) is 0 Å². The molecular formula is C22H38IN5O2. The molecule has 1 saturated heterocycles. The summed E-state index contributed by atoms with van der Waals surface area (Å²) in [5.41, 5.74) is 3.95. The van der Waals surface area contributed by atoms with Gasteiger partial charge in [-0.3, -0.25) is 14.7 Å². The molecule has 1 aliphatic heterocycles. The van der Waals surface area contributed by atoms with Crippen LogP contribution < -0.4 is 10.6 Å². The van der Waals surface area contributed by atoms with Gasteiger partial charge in [0.2, 0.25) is 5.91 Å². The van der Waals surface area contributed by atoms with Crippen molar-refractivity contribution < 1.29 is 9.53 Å². The van der Waals surface area contributed by atoms with Crippen LogP contribution in [-0.2, 0) is 16.0 Å². The Morgan fingerprint density at radius 3 is 2.37 bits per heavy atom. The van der Waals surface area contributed by atoms with Crippen molar-refractivity contribution in [3.05, 3.63) is 34.9 Å². The monoisotopic (exact) mass is 531 g/mol. The molecule has 0 aromatic heterocycles. The Hall–Kier alpha value is -1.39. The van der Waals surface area contributed by atoms with E-state index in [0.717, 1.165) is 51.6 Å². The van der Waals surface area contributed by atoms with Gasteiger partial charge >= 0.3 is 0 Å². The van der Waals surface area contributed by atoms with E-state index in [1.54, 1.807) is 7.11 Å². The molecule has 0 spiro atoms. The molecule has 2 rings (SSSR count). The summed E-state index contributed by atoms with van der Waals surface area (Å²) in [4.78, 5) is 21.3. The lowest BCUT2D eigenvalue weighted by Gasteiger charge is -2.36. The summed E-state index contributed by atoms with van der Waals surface area (Å²) in [5.74, 6) is 1.03. The molecule has 0 bridgehead atoms. The van der Waals surface area contributed by atoms with Gasteiger partial charge in [0, 0.05) is 52.9 Å². The second kappa shape index (κ2) is 14.6. The van der Waals surface area contributed by atoms with E-state index >= 15 is 0 Å². The second-order valence-corrected chi connectivity index (χ2v) is 7.59. The fourth-order valence-corrected chi connectivity index (χ4v) is 3.60. The number of aliphatic imine (C=N–C) groups is 1. The van der Waals surface area contributed by atoms with Crippen molar-refractivity contribution in [3.8, 4) is 0 Å². The van der Waals surface area contributed by atoms with Crippen molar-refractivity contribution >= 4 is 35.8 Å². The van der Waals surface area contributed by atoms with Crippen molar-refractivity contribution in [2.45, 2.75) is 27.2 Å². The Morgan fingerprint density at radius 2 is 1.77 bits per heavy atom. The highest BCUT2D eigenvalue weighted by atomic mass is 127. The first-order valence-corrected chi connectivity index (χ1v) is 10.6. The molecule has 1 aliphatic rings. The van der Waals surface area contributed by atoms with Crippen LogP contribution in [0.3, 0.4) is 0 Å². The number of ether oxygens (including phenoxy) is 1. The molecule has 0 radical (unpaired) electrons. The molecule has 1 amide bonds. The van der Waals surface area contributed by atoms with E-state index in [2.05, 4.69) is 59.4 Å². The Bertz CT molecular complexity index is 655. The first kappa shape index (κ1) is 26.6. The van der Waals surface area contributed by atoms with Gasteiger partial charge in [-0.05, 0) is 32.8 Å². The molecule has 0 unspecified atom stereocenters. The summed E-state index contributed by atoms with van der Waals surface area (Å²) < 4.78 is 4.96. The standard InChI is InChI=1S/C22H37N5O2.HI/c1-5-23-22(25-7-6-20-15-18(2)14-19(3)16-20)27-11-9-26(10-12-27)17-21(28)24-8-13-29-4;/h14-16H,5-13,17H2,1-4H3,(H,23,25)(H,24,28);1H. The number of nitrogens with one attached hydrogen (secondary N) is 2. The Labute approximate surface area is 198 Å². The highest BCUT2D eigenvalue weighted by molar-refractivity contribution is 14.0. The average molecular weight is 531 g/mol. The maximum atomic E-state index is 12.0. The number of guanidine groups is 1. The van der Waals surface area contributed by atoms with Gasteiger partial charge in [0.15, 0.2) is 5.96 Å². The lowest BCUT2D eigenvalue weighted by Crippen LogP contribution is -2.54. The molecule has 170 valence electrons. The van der Waals surface area contributed by atoms with Crippen LogP contribution in [0, 0.1) is 13.8 Å². The van der Waals surface area contributed by atoms with Crippen LogP contribution >= 0.6 is 24.0 Å². The molecular weight excluding hydrogens is 493 g/mol.